The molecule has 0 saturated heterocycles. The summed E-state index contributed by atoms with van der Waals surface area (Å²) in [5.41, 5.74) is -0.788. The molecular weight excluding hydrogens is 488 g/mol. The van der Waals surface area contributed by atoms with Crippen molar-refractivity contribution in [2.75, 3.05) is 18.8 Å². The number of ether oxygens (including phenoxy) is 1. The number of hydrogen-bond acceptors (Lipinski definition) is 7. The highest BCUT2D eigenvalue weighted by atomic mass is 32.2. The van der Waals surface area contributed by atoms with E-state index in [1.54, 1.807) is 20.8 Å². The molecule has 2 aromatic rings. The van der Waals surface area contributed by atoms with Crippen LogP contribution in [-0.2, 0) is 26.6 Å². The number of aromatic nitrogens is 2. The molecule has 0 radical (unpaired) electrons. The number of carbonyl (C=O) groups excluding carboxylic acids is 2. The summed E-state index contributed by atoms with van der Waals surface area (Å²) in [5, 5.41) is 12.1. The third kappa shape index (κ3) is 9.98. The molecule has 0 saturated carbocycles. The summed E-state index contributed by atoms with van der Waals surface area (Å²) >= 11 is 1.51. The van der Waals surface area contributed by atoms with Gasteiger partial charge in [-0.25, -0.2) is 9.59 Å². The highest BCUT2D eigenvalue weighted by molar-refractivity contribution is 7.98. The SMILES string of the molecule is Cc1cn(CC(=O)N(CC(=O)O)CC(CSCc2ccccc2)NC(=O)OC(C)(C)C)c(=O)[nH]c1=O. The third-order valence-electron chi connectivity index (χ3n) is 4.77. The first-order chi connectivity index (χ1) is 16.8. The zero-order valence-corrected chi connectivity index (χ0v) is 21.6. The van der Waals surface area contributed by atoms with E-state index < -0.39 is 54.0 Å². The zero-order valence-electron chi connectivity index (χ0n) is 20.8. The van der Waals surface area contributed by atoms with E-state index in [0.29, 0.717) is 11.5 Å². The maximum Gasteiger partial charge on any atom is 0.407 e. The van der Waals surface area contributed by atoms with Gasteiger partial charge in [0, 0.05) is 29.8 Å². The number of aryl methyl sites for hydroxylation is 1. The Kier molecular flexibility index (Phi) is 10.3. The lowest BCUT2D eigenvalue weighted by Crippen LogP contribution is -2.50. The number of amides is 2. The molecule has 1 aromatic carbocycles. The lowest BCUT2D eigenvalue weighted by molar-refractivity contribution is -0.144. The van der Waals surface area contributed by atoms with Crippen LogP contribution in [0.15, 0.2) is 46.1 Å². The molecule has 0 aliphatic carbocycles. The van der Waals surface area contributed by atoms with Crippen LogP contribution in [0, 0.1) is 6.92 Å². The van der Waals surface area contributed by atoms with Crippen molar-refractivity contribution in [1.82, 2.24) is 19.8 Å². The van der Waals surface area contributed by atoms with Crippen molar-refractivity contribution < 1.29 is 24.2 Å². The number of benzene rings is 1. The zero-order chi connectivity index (χ0) is 26.9. The van der Waals surface area contributed by atoms with Crippen LogP contribution in [0.5, 0.6) is 0 Å². The average Bonchev–Trinajstić information content (AvgIpc) is 2.76. The second kappa shape index (κ2) is 13.0. The van der Waals surface area contributed by atoms with Crippen molar-refractivity contribution in [1.29, 1.82) is 0 Å². The van der Waals surface area contributed by atoms with E-state index in [0.717, 1.165) is 15.0 Å². The Bertz CT molecular complexity index is 1170. The highest BCUT2D eigenvalue weighted by Gasteiger charge is 2.25. The molecule has 1 atom stereocenters. The third-order valence-corrected chi connectivity index (χ3v) is 5.94. The van der Waals surface area contributed by atoms with E-state index >= 15 is 0 Å². The van der Waals surface area contributed by atoms with Gasteiger partial charge in [-0.2, -0.15) is 11.8 Å². The average molecular weight is 521 g/mol. The molecule has 1 heterocycles. The Labute approximate surface area is 212 Å². The van der Waals surface area contributed by atoms with Crippen LogP contribution < -0.4 is 16.6 Å². The number of aliphatic carboxylic acids is 1. The Hall–Kier alpha value is -3.54. The first-order valence-electron chi connectivity index (χ1n) is 11.2. The molecule has 196 valence electrons. The van der Waals surface area contributed by atoms with Gasteiger partial charge in [-0.15, -0.1) is 0 Å². The van der Waals surface area contributed by atoms with Gasteiger partial charge in [-0.05, 0) is 33.3 Å². The Morgan fingerprint density at radius 1 is 1.19 bits per heavy atom. The van der Waals surface area contributed by atoms with E-state index in [1.807, 2.05) is 30.3 Å². The van der Waals surface area contributed by atoms with Crippen LogP contribution in [0.1, 0.15) is 31.9 Å². The quantitative estimate of drug-likeness (QED) is 0.404. The number of carboxylic acids is 1. The lowest BCUT2D eigenvalue weighted by Gasteiger charge is -2.28. The summed E-state index contributed by atoms with van der Waals surface area (Å²) in [5.74, 6) is -0.891. The molecule has 11 nitrogen and oxygen atoms in total. The smallest absolute Gasteiger partial charge is 0.407 e. The van der Waals surface area contributed by atoms with Crippen molar-refractivity contribution in [3.05, 3.63) is 68.5 Å². The largest absolute Gasteiger partial charge is 0.480 e. The van der Waals surface area contributed by atoms with Gasteiger partial charge in [0.05, 0.1) is 6.04 Å². The number of alkyl carbamates (subject to hydrolysis) is 1. The molecule has 1 aromatic heterocycles. The number of carbonyl (C=O) groups is 3. The minimum absolute atomic E-state index is 0.122. The van der Waals surface area contributed by atoms with Gasteiger partial charge < -0.3 is 20.1 Å². The molecule has 0 spiro atoms. The Balaban J connectivity index is 2.19. The topological polar surface area (TPSA) is 151 Å². The van der Waals surface area contributed by atoms with E-state index in [-0.39, 0.29) is 12.1 Å². The Morgan fingerprint density at radius 3 is 2.47 bits per heavy atom. The van der Waals surface area contributed by atoms with Crippen molar-refractivity contribution >= 4 is 29.7 Å². The molecule has 36 heavy (non-hydrogen) atoms. The summed E-state index contributed by atoms with van der Waals surface area (Å²) in [6.45, 7) is 5.41. The number of nitrogens with one attached hydrogen (secondary N) is 2. The standard InChI is InChI=1S/C24H32N4O7S/c1-16-10-28(22(33)26-21(16)32)12-19(29)27(13-20(30)31)11-18(25-23(34)35-24(2,3)4)15-36-14-17-8-6-5-7-9-17/h5-10,18H,11-15H2,1-4H3,(H,25,34)(H,30,31)(H,26,32,33). The lowest BCUT2D eigenvalue weighted by atomic mass is 10.2. The van der Waals surface area contributed by atoms with Crippen molar-refractivity contribution in [3.63, 3.8) is 0 Å². The Morgan fingerprint density at radius 2 is 1.86 bits per heavy atom. The summed E-state index contributed by atoms with van der Waals surface area (Å²) in [6.07, 6.45) is 0.549. The van der Waals surface area contributed by atoms with E-state index in [1.165, 1.54) is 24.9 Å². The van der Waals surface area contributed by atoms with E-state index in [2.05, 4.69) is 10.3 Å². The van der Waals surface area contributed by atoms with Gasteiger partial charge in [0.25, 0.3) is 5.56 Å². The molecule has 0 aliphatic rings. The number of aromatic amines is 1. The maximum atomic E-state index is 13.0. The number of H-pyrrole nitrogens is 1. The van der Waals surface area contributed by atoms with Gasteiger partial charge in [0.2, 0.25) is 5.91 Å². The predicted molar refractivity (Wildman–Crippen MR) is 136 cm³/mol. The molecule has 0 fully saturated rings. The number of carboxylic acid groups (broad SMARTS) is 1. The van der Waals surface area contributed by atoms with Gasteiger partial charge >= 0.3 is 17.8 Å². The van der Waals surface area contributed by atoms with Gasteiger partial charge in [-0.1, -0.05) is 30.3 Å². The molecule has 2 amide bonds. The summed E-state index contributed by atoms with van der Waals surface area (Å²) in [4.78, 5) is 63.8. The summed E-state index contributed by atoms with van der Waals surface area (Å²) < 4.78 is 6.34. The minimum atomic E-state index is -1.25. The second-order valence-electron chi connectivity index (χ2n) is 9.21. The highest BCUT2D eigenvalue weighted by Crippen LogP contribution is 2.14. The van der Waals surface area contributed by atoms with Crippen LogP contribution in [0.3, 0.4) is 0 Å². The van der Waals surface area contributed by atoms with Crippen LogP contribution in [0.2, 0.25) is 0 Å². The van der Waals surface area contributed by atoms with E-state index in [9.17, 15) is 29.1 Å². The molecular formula is C24H32N4O7S. The molecule has 2 rings (SSSR count). The van der Waals surface area contributed by atoms with Crippen molar-refractivity contribution in [3.8, 4) is 0 Å². The van der Waals surface area contributed by atoms with Crippen LogP contribution in [-0.4, -0.2) is 68.0 Å². The molecule has 0 bridgehead atoms. The normalized spacial score (nSPS) is 12.0. The van der Waals surface area contributed by atoms with Crippen molar-refractivity contribution in [2.45, 2.75) is 51.6 Å². The van der Waals surface area contributed by atoms with Gasteiger partial charge in [0.1, 0.15) is 18.7 Å². The predicted octanol–water partition coefficient (Wildman–Crippen LogP) is 1.58. The van der Waals surface area contributed by atoms with Gasteiger partial charge in [0.15, 0.2) is 0 Å². The number of rotatable bonds is 11. The summed E-state index contributed by atoms with van der Waals surface area (Å²) in [6, 6.07) is 9.04. The first-order valence-corrected chi connectivity index (χ1v) is 12.4. The molecule has 1 unspecified atom stereocenters. The van der Waals surface area contributed by atoms with Crippen molar-refractivity contribution in [2.24, 2.45) is 0 Å². The number of thioether (sulfide) groups is 1. The van der Waals surface area contributed by atoms with E-state index in [4.69, 9.17) is 4.74 Å². The molecule has 3 N–H and O–H groups in total. The fraction of sp³-hybridized carbons (Fsp3) is 0.458. The second-order valence-corrected chi connectivity index (χ2v) is 10.2. The van der Waals surface area contributed by atoms with Crippen LogP contribution in [0.25, 0.3) is 0 Å². The van der Waals surface area contributed by atoms with Gasteiger partial charge in [-0.3, -0.25) is 23.9 Å². The van der Waals surface area contributed by atoms with Crippen LogP contribution in [0.4, 0.5) is 4.79 Å². The fourth-order valence-corrected chi connectivity index (χ4v) is 4.19. The molecule has 12 heteroatoms. The summed E-state index contributed by atoms with van der Waals surface area (Å²) in [7, 11) is 0. The molecule has 0 aliphatic heterocycles. The number of nitrogens with zero attached hydrogens (tertiary/aromatic N) is 2. The maximum absolute atomic E-state index is 13.0. The number of hydrogen-bond donors (Lipinski definition) is 3. The first kappa shape index (κ1) is 28.7. The fourth-order valence-electron chi connectivity index (χ4n) is 3.17. The minimum Gasteiger partial charge on any atom is -0.480 e. The van der Waals surface area contributed by atoms with Crippen LogP contribution >= 0.6 is 11.8 Å². The monoisotopic (exact) mass is 520 g/mol.